The van der Waals surface area contributed by atoms with Gasteiger partial charge in [0.2, 0.25) is 5.91 Å². The molecule has 1 fully saturated rings. The highest BCUT2D eigenvalue weighted by atomic mass is 35.5. The van der Waals surface area contributed by atoms with Crippen LogP contribution in [0.1, 0.15) is 38.3 Å². The van der Waals surface area contributed by atoms with E-state index in [1.165, 1.54) is 0 Å². The maximum absolute atomic E-state index is 12.6. The van der Waals surface area contributed by atoms with Crippen molar-refractivity contribution in [2.45, 2.75) is 38.3 Å². The zero-order chi connectivity index (χ0) is 20.2. The summed E-state index contributed by atoms with van der Waals surface area (Å²) in [5.74, 6) is -0.733. The van der Waals surface area contributed by atoms with E-state index in [1.54, 1.807) is 6.07 Å². The summed E-state index contributed by atoms with van der Waals surface area (Å²) in [6, 6.07) is 6.81. The molecule has 1 atom stereocenters. The first-order chi connectivity index (χ1) is 12.8. The number of rotatable bonds is 8. The summed E-state index contributed by atoms with van der Waals surface area (Å²) in [6.45, 7) is 3.70. The highest BCUT2D eigenvalue weighted by molar-refractivity contribution is 6.31. The van der Waals surface area contributed by atoms with Crippen molar-refractivity contribution in [3.63, 3.8) is 0 Å². The maximum Gasteiger partial charge on any atom is 0.325 e. The van der Waals surface area contributed by atoms with Crippen LogP contribution < -0.4 is 10.6 Å². The Hall–Kier alpha value is -2.12. The molecule has 0 aromatic heterocycles. The van der Waals surface area contributed by atoms with Crippen molar-refractivity contribution < 1.29 is 14.4 Å². The third-order valence-corrected chi connectivity index (χ3v) is 5.48. The Morgan fingerprint density at radius 3 is 2.41 bits per heavy atom. The van der Waals surface area contributed by atoms with E-state index in [1.807, 2.05) is 51.0 Å². The smallest absolute Gasteiger partial charge is 0.325 e. The lowest BCUT2D eigenvalue weighted by atomic mass is 9.93. The van der Waals surface area contributed by atoms with E-state index in [4.69, 9.17) is 11.6 Å². The molecule has 2 rings (SSSR count). The molecule has 27 heavy (non-hydrogen) atoms. The monoisotopic (exact) mass is 394 g/mol. The van der Waals surface area contributed by atoms with Crippen LogP contribution in [-0.4, -0.2) is 60.4 Å². The lowest BCUT2D eigenvalue weighted by molar-refractivity contribution is -0.135. The van der Waals surface area contributed by atoms with E-state index in [-0.39, 0.29) is 24.4 Å². The summed E-state index contributed by atoms with van der Waals surface area (Å²) in [4.78, 5) is 40.1. The van der Waals surface area contributed by atoms with E-state index in [9.17, 15) is 14.4 Å². The summed E-state index contributed by atoms with van der Waals surface area (Å²) in [5.41, 5.74) is -0.00313. The molecule has 0 radical (unpaired) electrons. The van der Waals surface area contributed by atoms with Gasteiger partial charge < -0.3 is 15.5 Å². The molecule has 8 heteroatoms. The minimum absolute atomic E-state index is 0.129. The Morgan fingerprint density at radius 2 is 1.89 bits per heavy atom. The third kappa shape index (κ3) is 4.42. The van der Waals surface area contributed by atoms with Crippen molar-refractivity contribution in [3.05, 3.63) is 34.9 Å². The Bertz CT molecular complexity index is 719. The van der Waals surface area contributed by atoms with Crippen molar-refractivity contribution in [2.24, 2.45) is 0 Å². The first-order valence-electron chi connectivity index (χ1n) is 9.07. The molecule has 4 amide bonds. The number of nitrogens with zero attached hydrogens (tertiary/aromatic N) is 2. The minimum atomic E-state index is -0.902. The van der Waals surface area contributed by atoms with Crippen LogP contribution in [0.2, 0.25) is 5.02 Å². The zero-order valence-corrected chi connectivity index (χ0v) is 17.0. The standard InChI is InChI=1S/C19H27ClN4O3/c1-5-19(6-2)17(26)24(18(27)22-19)12-16(25)21-11-15(23(3)4)13-9-7-8-10-14(13)20/h7-10,15H,5-6,11-12H2,1-4H3,(H,21,25)(H,22,27). The number of likely N-dealkylation sites (N-methyl/N-ethyl adjacent to an activating group) is 1. The second-order valence-corrected chi connectivity index (χ2v) is 7.32. The fourth-order valence-electron chi connectivity index (χ4n) is 3.28. The van der Waals surface area contributed by atoms with Gasteiger partial charge in [-0.2, -0.15) is 0 Å². The molecule has 0 saturated carbocycles. The third-order valence-electron chi connectivity index (χ3n) is 5.13. The lowest BCUT2D eigenvalue weighted by Crippen LogP contribution is -2.47. The van der Waals surface area contributed by atoms with Crippen molar-refractivity contribution in [3.8, 4) is 0 Å². The Balaban J connectivity index is 2.02. The highest BCUT2D eigenvalue weighted by Gasteiger charge is 2.49. The number of nitrogens with one attached hydrogen (secondary N) is 2. The molecule has 1 aromatic carbocycles. The molecule has 1 unspecified atom stereocenters. The Labute approximate surface area is 165 Å². The fourth-order valence-corrected chi connectivity index (χ4v) is 3.54. The summed E-state index contributed by atoms with van der Waals surface area (Å²) in [6.07, 6.45) is 0.975. The van der Waals surface area contributed by atoms with Gasteiger partial charge in [-0.15, -0.1) is 0 Å². The molecular formula is C19H27ClN4O3. The first kappa shape index (κ1) is 21.2. The largest absolute Gasteiger partial charge is 0.353 e. The van der Waals surface area contributed by atoms with Gasteiger partial charge in [-0.05, 0) is 38.6 Å². The van der Waals surface area contributed by atoms with Crippen LogP contribution in [-0.2, 0) is 9.59 Å². The molecule has 1 aliphatic heterocycles. The number of halogens is 1. The predicted molar refractivity (Wildman–Crippen MR) is 104 cm³/mol. The average Bonchev–Trinajstić information content (AvgIpc) is 2.87. The van der Waals surface area contributed by atoms with E-state index in [2.05, 4.69) is 10.6 Å². The molecular weight excluding hydrogens is 368 g/mol. The molecule has 0 aliphatic carbocycles. The van der Waals surface area contributed by atoms with Gasteiger partial charge in [0, 0.05) is 11.6 Å². The van der Waals surface area contributed by atoms with Gasteiger partial charge in [0.1, 0.15) is 12.1 Å². The number of hydrogen-bond acceptors (Lipinski definition) is 4. The highest BCUT2D eigenvalue weighted by Crippen LogP contribution is 2.26. The van der Waals surface area contributed by atoms with E-state index < -0.39 is 11.6 Å². The van der Waals surface area contributed by atoms with Crippen LogP contribution in [0.25, 0.3) is 0 Å². The number of hydrogen-bond donors (Lipinski definition) is 2. The van der Waals surface area contributed by atoms with Crippen LogP contribution in [0.5, 0.6) is 0 Å². The summed E-state index contributed by atoms with van der Waals surface area (Å²) >= 11 is 6.27. The summed E-state index contributed by atoms with van der Waals surface area (Å²) in [5, 5.41) is 6.15. The number of benzene rings is 1. The molecule has 1 aliphatic rings. The first-order valence-corrected chi connectivity index (χ1v) is 9.45. The number of carbonyl (C=O) groups excluding carboxylic acids is 3. The SMILES string of the molecule is CCC1(CC)NC(=O)N(CC(=O)NCC(c2ccccc2Cl)N(C)C)C1=O. The van der Waals surface area contributed by atoms with E-state index in [0.29, 0.717) is 24.4 Å². The van der Waals surface area contributed by atoms with Gasteiger partial charge in [-0.1, -0.05) is 43.6 Å². The van der Waals surface area contributed by atoms with E-state index >= 15 is 0 Å². The van der Waals surface area contributed by atoms with Gasteiger partial charge in [0.15, 0.2) is 0 Å². The number of urea groups is 1. The maximum atomic E-state index is 12.6. The van der Waals surface area contributed by atoms with Gasteiger partial charge in [-0.3, -0.25) is 14.5 Å². The van der Waals surface area contributed by atoms with Crippen molar-refractivity contribution in [1.29, 1.82) is 0 Å². The number of amides is 4. The topological polar surface area (TPSA) is 81.8 Å². The lowest BCUT2D eigenvalue weighted by Gasteiger charge is -2.26. The Morgan fingerprint density at radius 1 is 1.26 bits per heavy atom. The van der Waals surface area contributed by atoms with Crippen molar-refractivity contribution >= 4 is 29.4 Å². The second kappa shape index (κ2) is 8.71. The number of imide groups is 1. The van der Waals surface area contributed by atoms with Gasteiger partial charge in [0.05, 0.1) is 6.04 Å². The summed E-state index contributed by atoms with van der Waals surface area (Å²) in [7, 11) is 3.79. The van der Waals surface area contributed by atoms with Gasteiger partial charge in [-0.25, -0.2) is 4.79 Å². The molecule has 1 aromatic rings. The van der Waals surface area contributed by atoms with Crippen molar-refractivity contribution in [2.75, 3.05) is 27.2 Å². The molecule has 1 heterocycles. The van der Waals surface area contributed by atoms with Crippen molar-refractivity contribution in [1.82, 2.24) is 20.4 Å². The fraction of sp³-hybridized carbons (Fsp3) is 0.526. The van der Waals surface area contributed by atoms with Crippen LogP contribution >= 0.6 is 11.6 Å². The minimum Gasteiger partial charge on any atom is -0.353 e. The molecule has 1 saturated heterocycles. The van der Waals surface area contributed by atoms with Crippen LogP contribution in [0.3, 0.4) is 0 Å². The normalized spacial score (nSPS) is 17.2. The second-order valence-electron chi connectivity index (χ2n) is 6.92. The van der Waals surface area contributed by atoms with Gasteiger partial charge in [0.25, 0.3) is 5.91 Å². The molecule has 2 N–H and O–H groups in total. The van der Waals surface area contributed by atoms with Gasteiger partial charge >= 0.3 is 6.03 Å². The predicted octanol–water partition coefficient (Wildman–Crippen LogP) is 2.17. The zero-order valence-electron chi connectivity index (χ0n) is 16.2. The molecule has 0 bridgehead atoms. The van der Waals surface area contributed by atoms with Crippen LogP contribution in [0.4, 0.5) is 4.79 Å². The molecule has 0 spiro atoms. The summed E-state index contributed by atoms with van der Waals surface area (Å²) < 4.78 is 0. The molecule has 148 valence electrons. The Kier molecular flexibility index (Phi) is 6.84. The van der Waals surface area contributed by atoms with Crippen LogP contribution in [0.15, 0.2) is 24.3 Å². The number of carbonyl (C=O) groups is 3. The molecule has 7 nitrogen and oxygen atoms in total. The average molecular weight is 395 g/mol. The quantitative estimate of drug-likeness (QED) is 0.662. The van der Waals surface area contributed by atoms with Crippen LogP contribution in [0, 0.1) is 0 Å². The van der Waals surface area contributed by atoms with E-state index in [0.717, 1.165) is 10.5 Å².